The Hall–Kier alpha value is -2.82. The van der Waals surface area contributed by atoms with E-state index in [9.17, 15) is 24.5 Å². The molecule has 0 fully saturated rings. The Morgan fingerprint density at radius 2 is 1.67 bits per heavy atom. The number of amides is 3. The highest BCUT2D eigenvalue weighted by Gasteiger charge is 2.11. The highest BCUT2D eigenvalue weighted by molar-refractivity contribution is 8.00. The minimum absolute atomic E-state index is 0.0111. The molecule has 0 spiro atoms. The van der Waals surface area contributed by atoms with Gasteiger partial charge in [0.05, 0.1) is 15.7 Å². The zero-order chi connectivity index (χ0) is 22.1. The number of hydrogen-bond donors (Lipinski definition) is 3. The lowest BCUT2D eigenvalue weighted by molar-refractivity contribution is -0.384. The Morgan fingerprint density at radius 1 is 1.00 bits per heavy atom. The molecule has 0 aromatic heterocycles. The summed E-state index contributed by atoms with van der Waals surface area (Å²) in [6.45, 7) is 0.0183. The highest BCUT2D eigenvalue weighted by atomic mass is 35.5. The zero-order valence-corrected chi connectivity index (χ0v) is 17.6. The number of halogens is 2. The lowest BCUT2D eigenvalue weighted by atomic mass is 10.2. The first kappa shape index (κ1) is 23.5. The average molecular weight is 471 g/mol. The lowest BCUT2D eigenvalue weighted by Crippen LogP contribution is -2.43. The van der Waals surface area contributed by atoms with Crippen molar-refractivity contribution in [1.29, 1.82) is 0 Å². The minimum atomic E-state index is -0.567. The van der Waals surface area contributed by atoms with Crippen LogP contribution in [0.2, 0.25) is 10.0 Å². The zero-order valence-electron chi connectivity index (χ0n) is 15.3. The van der Waals surface area contributed by atoms with Crippen LogP contribution in [0, 0.1) is 10.1 Å². The number of nitrogens with zero attached hydrogens (tertiary/aromatic N) is 1. The fourth-order valence-electron chi connectivity index (χ4n) is 2.10. The Balaban J connectivity index is 1.66. The Morgan fingerprint density at radius 3 is 2.33 bits per heavy atom. The molecule has 12 heteroatoms. The van der Waals surface area contributed by atoms with E-state index in [-0.39, 0.29) is 30.0 Å². The van der Waals surface area contributed by atoms with Crippen molar-refractivity contribution in [1.82, 2.24) is 16.2 Å². The van der Waals surface area contributed by atoms with Gasteiger partial charge in [-0.1, -0.05) is 23.2 Å². The molecule has 0 atom stereocenters. The second kappa shape index (κ2) is 11.4. The summed E-state index contributed by atoms with van der Waals surface area (Å²) in [6, 6.07) is 9.95. The molecule has 0 aliphatic rings. The predicted octanol–water partition coefficient (Wildman–Crippen LogP) is 2.96. The summed E-state index contributed by atoms with van der Waals surface area (Å²) in [7, 11) is 0. The number of nitrogens with one attached hydrogen (secondary N) is 3. The molecule has 2 rings (SSSR count). The van der Waals surface area contributed by atoms with Crippen LogP contribution < -0.4 is 16.2 Å². The molecule has 0 saturated heterocycles. The molecule has 0 heterocycles. The molecule has 0 radical (unpaired) electrons. The molecule has 0 unspecified atom stereocenters. The molecule has 0 aliphatic heterocycles. The van der Waals surface area contributed by atoms with Crippen LogP contribution in [0.15, 0.2) is 47.4 Å². The van der Waals surface area contributed by atoms with Crippen molar-refractivity contribution in [3.8, 4) is 0 Å². The van der Waals surface area contributed by atoms with Crippen LogP contribution >= 0.6 is 35.0 Å². The van der Waals surface area contributed by atoms with Gasteiger partial charge in [0.1, 0.15) is 0 Å². The summed E-state index contributed by atoms with van der Waals surface area (Å²) in [6.07, 6.45) is -0.0771. The standard InChI is InChI=1S/C18H16Cl2N4O5S/c19-12-3-6-14(20)15(9-12)30-10-17(26)23-22-16(25)7-8-21-18(27)11-1-4-13(5-2-11)24(28)29/h1-6,9H,7-8,10H2,(H,21,27)(H,22,25)(H,23,26). The van der Waals surface area contributed by atoms with Crippen LogP contribution in [0.1, 0.15) is 16.8 Å². The highest BCUT2D eigenvalue weighted by Crippen LogP contribution is 2.29. The maximum Gasteiger partial charge on any atom is 0.269 e. The van der Waals surface area contributed by atoms with E-state index in [0.717, 1.165) is 11.8 Å². The molecule has 30 heavy (non-hydrogen) atoms. The lowest BCUT2D eigenvalue weighted by Gasteiger charge is -2.09. The van der Waals surface area contributed by atoms with E-state index in [2.05, 4.69) is 16.2 Å². The molecule has 3 N–H and O–H groups in total. The first-order chi connectivity index (χ1) is 14.3. The Labute approximate surface area is 185 Å². The number of hydrazine groups is 1. The van der Waals surface area contributed by atoms with Gasteiger partial charge in [-0.15, -0.1) is 11.8 Å². The van der Waals surface area contributed by atoms with E-state index < -0.39 is 22.6 Å². The Bertz CT molecular complexity index is 956. The number of hydrogen-bond acceptors (Lipinski definition) is 6. The molecule has 3 amide bonds. The van der Waals surface area contributed by atoms with Crippen LogP contribution in [0.25, 0.3) is 0 Å². The van der Waals surface area contributed by atoms with Crippen LogP contribution in [0.5, 0.6) is 0 Å². The summed E-state index contributed by atoms with van der Waals surface area (Å²) in [5.74, 6) is -1.41. The molecular formula is C18H16Cl2N4O5S. The molecule has 0 saturated carbocycles. The molecule has 158 valence electrons. The molecule has 2 aromatic rings. The smallest absolute Gasteiger partial charge is 0.269 e. The van der Waals surface area contributed by atoms with Crippen molar-refractivity contribution in [2.24, 2.45) is 0 Å². The second-order valence-electron chi connectivity index (χ2n) is 5.77. The molecule has 0 bridgehead atoms. The summed E-state index contributed by atoms with van der Waals surface area (Å²) < 4.78 is 0. The summed E-state index contributed by atoms with van der Waals surface area (Å²) in [4.78, 5) is 46.2. The fraction of sp³-hybridized carbons (Fsp3) is 0.167. The van der Waals surface area contributed by atoms with E-state index >= 15 is 0 Å². The normalized spacial score (nSPS) is 10.2. The number of carbonyl (C=O) groups excluding carboxylic acids is 3. The molecule has 2 aromatic carbocycles. The number of non-ortho nitro benzene ring substituents is 1. The number of nitro groups is 1. The third kappa shape index (κ3) is 7.54. The van der Waals surface area contributed by atoms with Crippen molar-refractivity contribution in [3.63, 3.8) is 0 Å². The topological polar surface area (TPSA) is 130 Å². The quantitative estimate of drug-likeness (QED) is 0.308. The number of thioether (sulfide) groups is 1. The minimum Gasteiger partial charge on any atom is -0.352 e. The van der Waals surface area contributed by atoms with E-state index in [4.69, 9.17) is 23.2 Å². The predicted molar refractivity (Wildman–Crippen MR) is 114 cm³/mol. The van der Waals surface area contributed by atoms with E-state index in [0.29, 0.717) is 14.9 Å². The van der Waals surface area contributed by atoms with Crippen LogP contribution in [0.4, 0.5) is 5.69 Å². The van der Waals surface area contributed by atoms with Gasteiger partial charge in [0.25, 0.3) is 11.6 Å². The summed E-state index contributed by atoms with van der Waals surface area (Å²) >= 11 is 13.1. The number of rotatable bonds is 8. The second-order valence-corrected chi connectivity index (χ2v) is 7.63. The van der Waals surface area contributed by atoms with Gasteiger partial charge < -0.3 is 5.32 Å². The summed E-state index contributed by atoms with van der Waals surface area (Å²) in [5.41, 5.74) is 4.60. The monoisotopic (exact) mass is 470 g/mol. The molecule has 9 nitrogen and oxygen atoms in total. The van der Waals surface area contributed by atoms with Crippen molar-refractivity contribution in [3.05, 3.63) is 68.2 Å². The first-order valence-electron chi connectivity index (χ1n) is 8.44. The third-order valence-electron chi connectivity index (χ3n) is 3.57. The maximum absolute atomic E-state index is 11.9. The fourth-order valence-corrected chi connectivity index (χ4v) is 3.39. The van der Waals surface area contributed by atoms with Crippen LogP contribution in [-0.2, 0) is 9.59 Å². The third-order valence-corrected chi connectivity index (χ3v) is 5.30. The number of nitro benzene ring substituents is 1. The maximum atomic E-state index is 11.9. The average Bonchev–Trinajstić information content (AvgIpc) is 2.72. The molecule has 0 aliphatic carbocycles. The van der Waals surface area contributed by atoms with Gasteiger partial charge in [-0.25, -0.2) is 0 Å². The van der Waals surface area contributed by atoms with Crippen molar-refractivity contribution in [2.45, 2.75) is 11.3 Å². The number of benzene rings is 2. The van der Waals surface area contributed by atoms with Gasteiger partial charge in [0.15, 0.2) is 0 Å². The van der Waals surface area contributed by atoms with Gasteiger partial charge in [-0.05, 0) is 30.3 Å². The SMILES string of the molecule is O=C(CCNC(=O)c1ccc([N+](=O)[O-])cc1)NNC(=O)CSc1cc(Cl)ccc1Cl. The van der Waals surface area contributed by atoms with Crippen LogP contribution in [0.3, 0.4) is 0 Å². The van der Waals surface area contributed by atoms with Crippen molar-refractivity contribution < 1.29 is 19.3 Å². The van der Waals surface area contributed by atoms with Gasteiger partial charge in [0, 0.05) is 40.6 Å². The number of carbonyl (C=O) groups is 3. The Kier molecular flexibility index (Phi) is 8.90. The van der Waals surface area contributed by atoms with Crippen molar-refractivity contribution in [2.75, 3.05) is 12.3 Å². The van der Waals surface area contributed by atoms with Gasteiger partial charge >= 0.3 is 0 Å². The van der Waals surface area contributed by atoms with E-state index in [1.165, 1.54) is 24.3 Å². The largest absolute Gasteiger partial charge is 0.352 e. The first-order valence-corrected chi connectivity index (χ1v) is 10.2. The van der Waals surface area contributed by atoms with Gasteiger partial charge in [0.2, 0.25) is 11.8 Å². The van der Waals surface area contributed by atoms with Gasteiger partial charge in [-0.2, -0.15) is 0 Å². The van der Waals surface area contributed by atoms with Crippen molar-refractivity contribution >= 4 is 58.4 Å². The summed E-state index contributed by atoms with van der Waals surface area (Å²) in [5, 5.41) is 14.1. The van der Waals surface area contributed by atoms with Crippen LogP contribution in [-0.4, -0.2) is 34.9 Å². The molecular weight excluding hydrogens is 455 g/mol. The van der Waals surface area contributed by atoms with Gasteiger partial charge in [-0.3, -0.25) is 35.3 Å². The van der Waals surface area contributed by atoms with E-state index in [1.807, 2.05) is 0 Å². The van der Waals surface area contributed by atoms with E-state index in [1.54, 1.807) is 18.2 Å².